The molecule has 8 heteroatoms. The maximum Gasteiger partial charge on any atom is 0.434 e. The highest BCUT2D eigenvalue weighted by Crippen LogP contribution is 2.18. The van der Waals surface area contributed by atoms with Crippen LogP contribution in [0.15, 0.2) is 4.99 Å². The Kier molecular flexibility index (Phi) is 6.04. The molecule has 1 heterocycles. The number of nitrogens with zero attached hydrogens (tertiary/aromatic N) is 2. The quantitative estimate of drug-likeness (QED) is 0.561. The molecule has 1 rings (SSSR count). The number of amides is 1. The van der Waals surface area contributed by atoms with E-state index in [0.29, 0.717) is 5.71 Å². The Labute approximate surface area is 129 Å². The van der Waals surface area contributed by atoms with E-state index >= 15 is 0 Å². The van der Waals surface area contributed by atoms with Gasteiger partial charge in [0, 0.05) is 18.7 Å². The van der Waals surface area contributed by atoms with Gasteiger partial charge in [-0.1, -0.05) is 0 Å². The molecule has 1 aliphatic heterocycles. The second-order valence-corrected chi connectivity index (χ2v) is 5.88. The lowest BCUT2D eigenvalue weighted by molar-refractivity contribution is -0.148. The van der Waals surface area contributed by atoms with Gasteiger partial charge in [-0.3, -0.25) is 14.5 Å². The smallest absolute Gasteiger partial charge is 0.434 e. The number of likely N-dealkylation sites (tertiary alicyclic amines) is 1. The van der Waals surface area contributed by atoms with Crippen molar-refractivity contribution < 1.29 is 28.6 Å². The molecular formula is C14H22N2O6. The molecule has 0 radical (unpaired) electrons. The highest BCUT2D eigenvalue weighted by molar-refractivity contribution is 6.00. The molecule has 1 amide bonds. The molecule has 0 bridgehead atoms. The molecule has 0 aromatic heterocycles. The van der Waals surface area contributed by atoms with Crippen molar-refractivity contribution in [2.45, 2.75) is 38.8 Å². The van der Waals surface area contributed by atoms with Crippen molar-refractivity contribution in [1.82, 2.24) is 4.90 Å². The molecule has 1 aliphatic rings. The third-order valence-electron chi connectivity index (χ3n) is 2.93. The second kappa shape index (κ2) is 7.35. The number of methoxy groups -OCH3 is 2. The van der Waals surface area contributed by atoms with Crippen LogP contribution in [-0.2, 0) is 23.8 Å². The Morgan fingerprint density at radius 3 is 2.36 bits per heavy atom. The summed E-state index contributed by atoms with van der Waals surface area (Å²) in [5.41, 5.74) is -0.179. The average molecular weight is 314 g/mol. The topological polar surface area (TPSA) is 94.5 Å². The van der Waals surface area contributed by atoms with Gasteiger partial charge in [0.1, 0.15) is 11.6 Å². The third kappa shape index (κ3) is 5.44. The average Bonchev–Trinajstić information content (AvgIpc) is 2.77. The number of carbonyl (C=O) groups is 3. The molecule has 124 valence electrons. The summed E-state index contributed by atoms with van der Waals surface area (Å²) in [6.07, 6.45) is -0.505. The van der Waals surface area contributed by atoms with Crippen molar-refractivity contribution in [3.8, 4) is 0 Å². The molecule has 0 aromatic rings. The van der Waals surface area contributed by atoms with Crippen LogP contribution in [0.25, 0.3) is 0 Å². The molecule has 1 atom stereocenters. The van der Waals surface area contributed by atoms with E-state index < -0.39 is 29.7 Å². The van der Waals surface area contributed by atoms with E-state index in [0.717, 1.165) is 0 Å². The van der Waals surface area contributed by atoms with Gasteiger partial charge < -0.3 is 14.2 Å². The highest BCUT2D eigenvalue weighted by Gasteiger charge is 2.37. The molecule has 0 unspecified atom stereocenters. The molecule has 0 aromatic carbocycles. The number of carbonyl (C=O) groups excluding carboxylic acids is 3. The van der Waals surface area contributed by atoms with Crippen molar-refractivity contribution in [2.75, 3.05) is 27.3 Å². The largest absolute Gasteiger partial charge is 0.468 e. The SMILES string of the molecule is COC(=O)CN1C/C(=N/C(=O)OC(C)(C)C)C[C@H]1C(=O)OC. The minimum Gasteiger partial charge on any atom is -0.468 e. The van der Waals surface area contributed by atoms with Gasteiger partial charge in [-0.05, 0) is 20.8 Å². The van der Waals surface area contributed by atoms with Gasteiger partial charge in [-0.25, -0.2) is 4.79 Å². The normalized spacial score (nSPS) is 20.8. The minimum atomic E-state index is -0.717. The van der Waals surface area contributed by atoms with Crippen LogP contribution in [0, 0.1) is 0 Å². The van der Waals surface area contributed by atoms with Gasteiger partial charge in [-0.2, -0.15) is 4.99 Å². The molecule has 0 saturated carbocycles. The number of hydrogen-bond donors (Lipinski definition) is 0. The monoisotopic (exact) mass is 314 g/mol. The Morgan fingerprint density at radius 1 is 1.23 bits per heavy atom. The lowest BCUT2D eigenvalue weighted by Crippen LogP contribution is -2.40. The molecular weight excluding hydrogens is 292 g/mol. The predicted octanol–water partition coefficient (Wildman–Crippen LogP) is 0.783. The molecule has 0 spiro atoms. The molecule has 0 N–H and O–H groups in total. The van der Waals surface area contributed by atoms with Crippen LogP contribution in [-0.4, -0.2) is 67.6 Å². The van der Waals surface area contributed by atoms with Crippen molar-refractivity contribution in [3.63, 3.8) is 0 Å². The van der Waals surface area contributed by atoms with E-state index in [-0.39, 0.29) is 19.5 Å². The number of ether oxygens (including phenoxy) is 3. The third-order valence-corrected chi connectivity index (χ3v) is 2.93. The van der Waals surface area contributed by atoms with Crippen LogP contribution in [0.5, 0.6) is 0 Å². The lowest BCUT2D eigenvalue weighted by atomic mass is 10.2. The zero-order valence-corrected chi connectivity index (χ0v) is 13.5. The number of aliphatic imine (C=N–C) groups is 1. The summed E-state index contributed by atoms with van der Waals surface area (Å²) in [7, 11) is 2.53. The Hall–Kier alpha value is -1.96. The van der Waals surface area contributed by atoms with Crippen molar-refractivity contribution in [3.05, 3.63) is 0 Å². The van der Waals surface area contributed by atoms with E-state index in [1.807, 2.05) is 0 Å². The number of esters is 2. The van der Waals surface area contributed by atoms with Crippen LogP contribution in [0.2, 0.25) is 0 Å². The molecule has 1 saturated heterocycles. The van der Waals surface area contributed by atoms with E-state index in [1.165, 1.54) is 14.2 Å². The molecule has 22 heavy (non-hydrogen) atoms. The van der Waals surface area contributed by atoms with Crippen LogP contribution in [0.4, 0.5) is 4.79 Å². The minimum absolute atomic E-state index is 0.0798. The summed E-state index contributed by atoms with van der Waals surface area (Å²) in [4.78, 5) is 40.3. The summed E-state index contributed by atoms with van der Waals surface area (Å²) >= 11 is 0. The fourth-order valence-electron chi connectivity index (χ4n) is 2.02. The predicted molar refractivity (Wildman–Crippen MR) is 77.7 cm³/mol. The summed E-state index contributed by atoms with van der Waals surface area (Å²) in [5.74, 6) is -0.967. The summed E-state index contributed by atoms with van der Waals surface area (Å²) in [6.45, 7) is 5.33. The number of rotatable bonds is 3. The fraction of sp³-hybridized carbons (Fsp3) is 0.714. The highest BCUT2D eigenvalue weighted by atomic mass is 16.6. The Balaban J connectivity index is 2.82. The van der Waals surface area contributed by atoms with Gasteiger partial charge in [0.05, 0.1) is 20.8 Å². The Bertz CT molecular complexity index is 480. The van der Waals surface area contributed by atoms with Crippen LogP contribution in [0.3, 0.4) is 0 Å². The van der Waals surface area contributed by atoms with Gasteiger partial charge in [0.15, 0.2) is 0 Å². The van der Waals surface area contributed by atoms with E-state index in [4.69, 9.17) is 9.47 Å². The van der Waals surface area contributed by atoms with Crippen molar-refractivity contribution >= 4 is 23.7 Å². The molecule has 8 nitrogen and oxygen atoms in total. The standard InChI is InChI=1S/C14H22N2O6/c1-14(2,3)22-13(19)15-9-6-10(12(18)21-5)16(7-9)8-11(17)20-4/h10H,6-8H2,1-5H3/b15-9+/t10-/m0/s1. The first-order chi connectivity index (χ1) is 10.2. The van der Waals surface area contributed by atoms with Gasteiger partial charge in [-0.15, -0.1) is 0 Å². The van der Waals surface area contributed by atoms with Crippen LogP contribution >= 0.6 is 0 Å². The number of hydrogen-bond acceptors (Lipinski definition) is 7. The molecule has 0 aliphatic carbocycles. The first kappa shape index (κ1) is 18.1. The second-order valence-electron chi connectivity index (χ2n) is 5.88. The zero-order valence-electron chi connectivity index (χ0n) is 13.5. The first-order valence-corrected chi connectivity index (χ1v) is 6.84. The maximum absolute atomic E-state index is 11.8. The van der Waals surface area contributed by atoms with Crippen LogP contribution in [0.1, 0.15) is 27.2 Å². The van der Waals surface area contributed by atoms with Crippen molar-refractivity contribution in [1.29, 1.82) is 0 Å². The summed E-state index contributed by atoms with van der Waals surface area (Å²) < 4.78 is 14.4. The Morgan fingerprint density at radius 2 is 1.86 bits per heavy atom. The molecule has 1 fully saturated rings. The summed E-state index contributed by atoms with van der Waals surface area (Å²) in [6, 6.07) is -0.662. The van der Waals surface area contributed by atoms with Gasteiger partial charge in [0.2, 0.25) is 0 Å². The first-order valence-electron chi connectivity index (χ1n) is 6.84. The van der Waals surface area contributed by atoms with E-state index in [2.05, 4.69) is 9.73 Å². The van der Waals surface area contributed by atoms with Gasteiger partial charge >= 0.3 is 18.0 Å². The van der Waals surface area contributed by atoms with E-state index in [9.17, 15) is 14.4 Å². The van der Waals surface area contributed by atoms with E-state index in [1.54, 1.807) is 25.7 Å². The zero-order chi connectivity index (χ0) is 16.9. The van der Waals surface area contributed by atoms with Gasteiger partial charge in [0.25, 0.3) is 0 Å². The fourth-order valence-corrected chi connectivity index (χ4v) is 2.02. The van der Waals surface area contributed by atoms with Crippen molar-refractivity contribution in [2.24, 2.45) is 4.99 Å². The summed E-state index contributed by atoms with van der Waals surface area (Å²) in [5, 5.41) is 0. The van der Waals surface area contributed by atoms with Crippen LogP contribution < -0.4 is 0 Å². The maximum atomic E-state index is 11.8. The lowest BCUT2D eigenvalue weighted by Gasteiger charge is -2.19.